The lowest BCUT2D eigenvalue weighted by Gasteiger charge is -2.29. The smallest absolute Gasteiger partial charge is 0.153 e. The van der Waals surface area contributed by atoms with Crippen molar-refractivity contribution in [2.24, 2.45) is 10.2 Å². The summed E-state index contributed by atoms with van der Waals surface area (Å²) < 4.78 is 11.8. The van der Waals surface area contributed by atoms with Crippen molar-refractivity contribution >= 4 is 28.7 Å². The van der Waals surface area contributed by atoms with Crippen LogP contribution >= 0.6 is 7.05 Å². The minimum atomic E-state index is -2.41. The number of ether oxygens (including phenoxy) is 1. The highest BCUT2D eigenvalue weighted by molar-refractivity contribution is 7.87. The molecular weight excluding hydrogens is 457 g/mol. The molecule has 4 aromatic carbocycles. The maximum absolute atomic E-state index is 6.07. The van der Waals surface area contributed by atoms with Crippen LogP contribution in [-0.2, 0) is 10.3 Å². The van der Waals surface area contributed by atoms with E-state index in [9.17, 15) is 0 Å². The van der Waals surface area contributed by atoms with Crippen molar-refractivity contribution in [3.05, 3.63) is 121 Å². The molecule has 3 heteroatoms. The molecule has 0 heterocycles. The normalized spacial score (nSPS) is 13.2. The van der Waals surface area contributed by atoms with E-state index in [4.69, 9.17) is 9.48 Å². The molecule has 0 saturated carbocycles. The number of methoxy groups -OCH3 is 1. The average molecular weight is 492 g/mol. The number of rotatable bonds is 6. The van der Waals surface area contributed by atoms with Gasteiger partial charge >= 0.3 is 0 Å². The van der Waals surface area contributed by atoms with Gasteiger partial charge in [0.15, 0.2) is 5.60 Å². The van der Waals surface area contributed by atoms with E-state index in [1.54, 1.807) is 7.11 Å². The highest BCUT2D eigenvalue weighted by Crippen LogP contribution is 2.50. The van der Waals surface area contributed by atoms with Gasteiger partial charge in [0.05, 0.1) is 12.7 Å². The van der Waals surface area contributed by atoms with Gasteiger partial charge in [0.1, 0.15) is 0 Å². The standard InChI is InChI=1S/C33H34NOP/c1-32(2,3)25-26-33(4,35-5)30-23-15-16-24-31(30)34-36(27-17-9-6-10-18-27,28-19-11-7-12-20-28)29-21-13-8-14-22-29/h6-24H,1-5H3. The average Bonchev–Trinajstić information content (AvgIpc) is 2.92. The topological polar surface area (TPSA) is 21.6 Å². The molecule has 0 aliphatic heterocycles. The van der Waals surface area contributed by atoms with E-state index in [2.05, 4.69) is 136 Å². The van der Waals surface area contributed by atoms with Crippen LogP contribution in [0, 0.1) is 17.3 Å². The molecule has 0 radical (unpaired) electrons. The lowest BCUT2D eigenvalue weighted by Crippen LogP contribution is -2.26. The molecule has 4 aromatic rings. The molecule has 0 fully saturated rings. The zero-order valence-corrected chi connectivity index (χ0v) is 22.7. The van der Waals surface area contributed by atoms with E-state index in [0.29, 0.717) is 0 Å². The summed E-state index contributed by atoms with van der Waals surface area (Å²) in [6, 6.07) is 40.3. The van der Waals surface area contributed by atoms with E-state index < -0.39 is 12.7 Å². The first kappa shape index (κ1) is 25.7. The van der Waals surface area contributed by atoms with E-state index in [-0.39, 0.29) is 5.41 Å². The van der Waals surface area contributed by atoms with Crippen LogP contribution in [0.25, 0.3) is 0 Å². The molecular formula is C33H34NOP. The van der Waals surface area contributed by atoms with Crippen molar-refractivity contribution in [2.75, 3.05) is 7.11 Å². The molecule has 0 aliphatic rings. The van der Waals surface area contributed by atoms with Crippen LogP contribution in [0.5, 0.6) is 0 Å². The van der Waals surface area contributed by atoms with Gasteiger partial charge in [-0.15, -0.1) is 0 Å². The Bertz CT molecular complexity index is 1310. The minimum absolute atomic E-state index is 0.138. The van der Waals surface area contributed by atoms with Crippen LogP contribution in [0.1, 0.15) is 33.3 Å². The molecule has 0 spiro atoms. The number of nitrogens with zero attached hydrogens (tertiary/aromatic N) is 1. The number of benzene rings is 4. The summed E-state index contributed by atoms with van der Waals surface area (Å²) in [6.45, 7) is 8.38. The van der Waals surface area contributed by atoms with Crippen LogP contribution in [-0.4, -0.2) is 7.11 Å². The molecule has 4 rings (SSSR count). The second-order valence-corrected chi connectivity index (χ2v) is 13.0. The summed E-state index contributed by atoms with van der Waals surface area (Å²) in [4.78, 5) is 0. The largest absolute Gasteiger partial charge is 0.362 e. The third kappa shape index (κ3) is 5.39. The quantitative estimate of drug-likeness (QED) is 0.203. The van der Waals surface area contributed by atoms with Gasteiger partial charge in [-0.25, -0.2) is 0 Å². The fourth-order valence-electron chi connectivity index (χ4n) is 4.21. The first-order valence-corrected chi connectivity index (χ1v) is 14.0. The molecule has 0 bridgehead atoms. The molecule has 1 atom stereocenters. The van der Waals surface area contributed by atoms with Crippen molar-refractivity contribution in [1.29, 1.82) is 0 Å². The van der Waals surface area contributed by atoms with Gasteiger partial charge in [0, 0.05) is 34.0 Å². The molecule has 36 heavy (non-hydrogen) atoms. The Morgan fingerprint density at radius 3 is 1.42 bits per heavy atom. The van der Waals surface area contributed by atoms with Crippen LogP contribution in [0.4, 0.5) is 5.69 Å². The zero-order valence-electron chi connectivity index (χ0n) is 21.8. The Labute approximate surface area is 216 Å². The Morgan fingerprint density at radius 1 is 0.583 bits per heavy atom. The molecule has 0 aromatic heterocycles. The van der Waals surface area contributed by atoms with Crippen LogP contribution < -0.4 is 15.9 Å². The van der Waals surface area contributed by atoms with Crippen molar-refractivity contribution in [1.82, 2.24) is 0 Å². The van der Waals surface area contributed by atoms with Gasteiger partial charge in [0.25, 0.3) is 0 Å². The minimum Gasteiger partial charge on any atom is -0.362 e. The van der Waals surface area contributed by atoms with Gasteiger partial charge in [0.2, 0.25) is 0 Å². The van der Waals surface area contributed by atoms with Gasteiger partial charge < -0.3 is 4.74 Å². The Hall–Kier alpha value is -3.37. The lowest BCUT2D eigenvalue weighted by molar-refractivity contribution is 0.0554. The lowest BCUT2D eigenvalue weighted by atomic mass is 9.91. The number of hydrogen-bond acceptors (Lipinski definition) is 2. The van der Waals surface area contributed by atoms with E-state index in [1.807, 2.05) is 19.1 Å². The van der Waals surface area contributed by atoms with E-state index in [1.165, 1.54) is 15.9 Å². The summed E-state index contributed by atoms with van der Waals surface area (Å²) in [5, 5.41) is 3.62. The highest BCUT2D eigenvalue weighted by Gasteiger charge is 2.31. The van der Waals surface area contributed by atoms with Gasteiger partial charge in [-0.05, 0) is 33.8 Å². The van der Waals surface area contributed by atoms with Crippen molar-refractivity contribution in [2.45, 2.75) is 33.3 Å². The van der Waals surface area contributed by atoms with Gasteiger partial charge in [-0.1, -0.05) is 121 Å². The van der Waals surface area contributed by atoms with Crippen molar-refractivity contribution in [3.8, 4) is 11.8 Å². The molecule has 0 N–H and O–H groups in total. The Morgan fingerprint density at radius 2 is 1.00 bits per heavy atom. The SMILES string of the molecule is COC(C)(C#CC(C)(C)C)c1ccccc1N=P(c1ccccc1)(c1ccccc1)c1ccccc1. The third-order valence-corrected chi connectivity index (χ3v) is 9.80. The second kappa shape index (κ2) is 10.7. The first-order chi connectivity index (χ1) is 17.3. The van der Waals surface area contributed by atoms with Crippen molar-refractivity contribution < 1.29 is 4.74 Å². The van der Waals surface area contributed by atoms with E-state index >= 15 is 0 Å². The summed E-state index contributed by atoms with van der Waals surface area (Å²) in [6.07, 6.45) is 0. The van der Waals surface area contributed by atoms with Crippen LogP contribution in [0.3, 0.4) is 0 Å². The fraction of sp³-hybridized carbons (Fsp3) is 0.212. The molecule has 0 amide bonds. The second-order valence-electron chi connectivity index (χ2n) is 10.00. The van der Waals surface area contributed by atoms with Crippen molar-refractivity contribution in [3.63, 3.8) is 0 Å². The fourth-order valence-corrected chi connectivity index (χ4v) is 7.76. The molecule has 2 nitrogen and oxygen atoms in total. The zero-order chi connectivity index (χ0) is 25.7. The summed E-state index contributed by atoms with van der Waals surface area (Å²) in [5.74, 6) is 6.82. The predicted molar refractivity (Wildman–Crippen MR) is 155 cm³/mol. The monoisotopic (exact) mass is 491 g/mol. The Balaban J connectivity index is 2.11. The summed E-state index contributed by atoms with van der Waals surface area (Å²) >= 11 is 0. The highest BCUT2D eigenvalue weighted by atomic mass is 31.2. The number of hydrogen-bond donors (Lipinski definition) is 0. The Kier molecular flexibility index (Phi) is 7.65. The van der Waals surface area contributed by atoms with Crippen LogP contribution in [0.15, 0.2) is 120 Å². The first-order valence-electron chi connectivity index (χ1n) is 12.3. The van der Waals surface area contributed by atoms with E-state index in [0.717, 1.165) is 11.3 Å². The summed E-state index contributed by atoms with van der Waals surface area (Å²) in [7, 11) is -0.688. The van der Waals surface area contributed by atoms with Crippen LogP contribution in [0.2, 0.25) is 0 Å². The maximum atomic E-state index is 6.07. The maximum Gasteiger partial charge on any atom is 0.153 e. The predicted octanol–water partition coefficient (Wildman–Crippen LogP) is 7.41. The summed E-state index contributed by atoms with van der Waals surface area (Å²) in [5.41, 5.74) is 0.930. The molecule has 0 aliphatic carbocycles. The molecule has 182 valence electrons. The third-order valence-electron chi connectivity index (χ3n) is 6.15. The van der Waals surface area contributed by atoms with Gasteiger partial charge in [-0.3, -0.25) is 4.74 Å². The van der Waals surface area contributed by atoms with Gasteiger partial charge in [-0.2, -0.15) is 0 Å². The molecule has 1 unspecified atom stereocenters. The molecule has 0 saturated heterocycles.